The van der Waals surface area contributed by atoms with Crippen molar-refractivity contribution in [3.63, 3.8) is 0 Å². The highest BCUT2D eigenvalue weighted by Gasteiger charge is 2.18. The topological polar surface area (TPSA) is 58.2 Å². The molecule has 1 aliphatic rings. The summed E-state index contributed by atoms with van der Waals surface area (Å²) in [5.41, 5.74) is 3.45. The first kappa shape index (κ1) is 13.8. The van der Waals surface area contributed by atoms with Gasteiger partial charge in [0.05, 0.1) is 0 Å². The maximum atomic E-state index is 12.0. The van der Waals surface area contributed by atoms with Crippen LogP contribution in [0.15, 0.2) is 46.9 Å². The highest BCUT2D eigenvalue weighted by atomic mass is 79.9. The Morgan fingerprint density at radius 3 is 2.43 bits per heavy atom. The lowest BCUT2D eigenvalue weighted by Crippen LogP contribution is -2.19. The highest BCUT2D eigenvalue weighted by Crippen LogP contribution is 2.23. The molecule has 0 bridgehead atoms. The molecule has 0 atom stereocenters. The van der Waals surface area contributed by atoms with Gasteiger partial charge in [-0.2, -0.15) is 0 Å². The number of carbonyl (C=O) groups excluding carboxylic acids is 2. The molecule has 3 rings (SSSR count). The number of rotatable bonds is 2. The van der Waals surface area contributed by atoms with Gasteiger partial charge in [0.15, 0.2) is 0 Å². The third-order valence-electron chi connectivity index (χ3n) is 3.32. The average molecular weight is 345 g/mol. The molecule has 0 aliphatic heterocycles. The van der Waals surface area contributed by atoms with Crippen molar-refractivity contribution in [2.24, 2.45) is 0 Å². The summed E-state index contributed by atoms with van der Waals surface area (Å²) in [4.78, 5) is 23.4. The molecule has 0 radical (unpaired) electrons. The van der Waals surface area contributed by atoms with Gasteiger partial charge >= 0.3 is 6.03 Å². The number of carbonyl (C=O) groups is 2. The minimum atomic E-state index is -0.308. The van der Waals surface area contributed by atoms with Crippen LogP contribution in [0.25, 0.3) is 0 Å². The Labute approximate surface area is 130 Å². The lowest BCUT2D eigenvalue weighted by molar-refractivity contribution is -0.117. The zero-order valence-corrected chi connectivity index (χ0v) is 12.7. The summed E-state index contributed by atoms with van der Waals surface area (Å²) in [7, 11) is 0. The molecule has 2 aromatic carbocycles. The molecule has 106 valence electrons. The van der Waals surface area contributed by atoms with Crippen molar-refractivity contribution in [1.29, 1.82) is 0 Å². The quantitative estimate of drug-likeness (QED) is 0.871. The molecule has 2 amide bonds. The van der Waals surface area contributed by atoms with Gasteiger partial charge in [0.25, 0.3) is 0 Å². The second-order valence-electron chi connectivity index (χ2n) is 4.97. The maximum absolute atomic E-state index is 12.0. The number of hydrogen-bond acceptors (Lipinski definition) is 2. The molecule has 0 spiro atoms. The maximum Gasteiger partial charge on any atom is 0.323 e. The van der Waals surface area contributed by atoms with Crippen molar-refractivity contribution >= 4 is 39.1 Å². The highest BCUT2D eigenvalue weighted by molar-refractivity contribution is 9.10. The Hall–Kier alpha value is -2.14. The Kier molecular flexibility index (Phi) is 3.75. The predicted molar refractivity (Wildman–Crippen MR) is 85.6 cm³/mol. The van der Waals surface area contributed by atoms with E-state index in [0.717, 1.165) is 15.6 Å². The fourth-order valence-electron chi connectivity index (χ4n) is 2.39. The van der Waals surface area contributed by atoms with Crippen molar-refractivity contribution in [2.45, 2.75) is 12.8 Å². The van der Waals surface area contributed by atoms with Gasteiger partial charge in [-0.15, -0.1) is 0 Å². The van der Waals surface area contributed by atoms with E-state index in [1.54, 1.807) is 0 Å². The number of nitrogens with one attached hydrogen (secondary N) is 2. The van der Waals surface area contributed by atoms with E-state index in [9.17, 15) is 9.59 Å². The van der Waals surface area contributed by atoms with Gasteiger partial charge in [0.1, 0.15) is 5.78 Å². The van der Waals surface area contributed by atoms with Crippen LogP contribution in [0.3, 0.4) is 0 Å². The third kappa shape index (κ3) is 3.31. The number of benzene rings is 2. The van der Waals surface area contributed by atoms with Crippen LogP contribution in [0.4, 0.5) is 16.2 Å². The standard InChI is InChI=1S/C16H13BrN2O2/c17-12-2-1-3-13(9-12)18-16(21)19-14-5-4-10-7-15(20)8-11(10)6-14/h1-6,9H,7-8H2,(H2,18,19,21). The minimum absolute atomic E-state index is 0.223. The Bertz CT molecular complexity index is 728. The van der Waals surface area contributed by atoms with Crippen LogP contribution < -0.4 is 10.6 Å². The number of fused-ring (bicyclic) bond motifs is 1. The summed E-state index contributed by atoms with van der Waals surface area (Å²) in [5.74, 6) is 0.223. The smallest absolute Gasteiger partial charge is 0.308 e. The number of ketones is 1. The molecule has 0 heterocycles. The van der Waals surface area contributed by atoms with Crippen LogP contribution in [-0.4, -0.2) is 11.8 Å². The number of hydrogen-bond donors (Lipinski definition) is 2. The summed E-state index contributed by atoms with van der Waals surface area (Å²) >= 11 is 3.35. The molecule has 0 saturated heterocycles. The molecule has 5 heteroatoms. The normalized spacial score (nSPS) is 12.9. The van der Waals surface area contributed by atoms with Crippen LogP contribution in [0.5, 0.6) is 0 Å². The lowest BCUT2D eigenvalue weighted by Gasteiger charge is -2.09. The Morgan fingerprint density at radius 1 is 0.952 bits per heavy atom. The van der Waals surface area contributed by atoms with E-state index in [1.807, 2.05) is 42.5 Å². The van der Waals surface area contributed by atoms with Crippen LogP contribution in [0.1, 0.15) is 11.1 Å². The summed E-state index contributed by atoms with van der Waals surface area (Å²) in [6, 6.07) is 12.6. The average Bonchev–Trinajstić information content (AvgIpc) is 2.78. The third-order valence-corrected chi connectivity index (χ3v) is 3.82. The van der Waals surface area contributed by atoms with E-state index in [-0.39, 0.29) is 11.8 Å². The number of anilines is 2. The van der Waals surface area contributed by atoms with Crippen molar-refractivity contribution < 1.29 is 9.59 Å². The van der Waals surface area contributed by atoms with Crippen LogP contribution in [0, 0.1) is 0 Å². The first-order valence-corrected chi connectivity index (χ1v) is 7.36. The van der Waals surface area contributed by atoms with Crippen LogP contribution >= 0.6 is 15.9 Å². The monoisotopic (exact) mass is 344 g/mol. The second kappa shape index (κ2) is 5.69. The molecule has 2 aromatic rings. The van der Waals surface area contributed by atoms with Crippen molar-refractivity contribution in [2.75, 3.05) is 10.6 Å². The first-order valence-electron chi connectivity index (χ1n) is 6.57. The number of halogens is 1. The first-order chi connectivity index (χ1) is 10.1. The van der Waals surface area contributed by atoms with Gasteiger partial charge < -0.3 is 10.6 Å². The van der Waals surface area contributed by atoms with E-state index in [4.69, 9.17) is 0 Å². The Morgan fingerprint density at radius 2 is 1.67 bits per heavy atom. The molecular weight excluding hydrogens is 332 g/mol. The molecule has 0 unspecified atom stereocenters. The molecule has 4 nitrogen and oxygen atoms in total. The van der Waals surface area contributed by atoms with Crippen molar-refractivity contribution in [3.8, 4) is 0 Å². The molecule has 0 saturated carbocycles. The van der Waals surface area contributed by atoms with Gasteiger partial charge in [-0.1, -0.05) is 28.1 Å². The lowest BCUT2D eigenvalue weighted by atomic mass is 10.1. The summed E-state index contributed by atoms with van der Waals surface area (Å²) < 4.78 is 0.899. The largest absolute Gasteiger partial charge is 0.323 e. The summed E-state index contributed by atoms with van der Waals surface area (Å²) in [5, 5.41) is 5.54. The second-order valence-corrected chi connectivity index (χ2v) is 5.88. The van der Waals surface area contributed by atoms with E-state index in [0.29, 0.717) is 24.2 Å². The molecule has 1 aliphatic carbocycles. The SMILES string of the molecule is O=C1Cc2ccc(NC(=O)Nc3cccc(Br)c3)cc2C1. The predicted octanol–water partition coefficient (Wildman–Crippen LogP) is 3.76. The Balaban J connectivity index is 1.68. The van der Waals surface area contributed by atoms with E-state index in [1.165, 1.54) is 0 Å². The number of urea groups is 1. The fourth-order valence-corrected chi connectivity index (χ4v) is 2.79. The fraction of sp³-hybridized carbons (Fsp3) is 0.125. The van der Waals surface area contributed by atoms with Crippen molar-refractivity contribution in [1.82, 2.24) is 0 Å². The van der Waals surface area contributed by atoms with Crippen LogP contribution in [-0.2, 0) is 17.6 Å². The van der Waals surface area contributed by atoms with Crippen LogP contribution in [0.2, 0.25) is 0 Å². The zero-order chi connectivity index (χ0) is 14.8. The van der Waals surface area contributed by atoms with Crippen molar-refractivity contribution in [3.05, 3.63) is 58.1 Å². The number of amides is 2. The summed E-state index contributed by atoms with van der Waals surface area (Å²) in [6.07, 6.45) is 0.956. The molecule has 0 fully saturated rings. The van der Waals surface area contributed by atoms with Gasteiger partial charge in [-0.05, 0) is 41.5 Å². The minimum Gasteiger partial charge on any atom is -0.308 e. The molecule has 0 aromatic heterocycles. The molecular formula is C16H13BrN2O2. The molecule has 2 N–H and O–H groups in total. The van der Waals surface area contributed by atoms with E-state index < -0.39 is 0 Å². The van der Waals surface area contributed by atoms with E-state index >= 15 is 0 Å². The van der Waals surface area contributed by atoms with Gasteiger partial charge in [-0.3, -0.25) is 4.79 Å². The van der Waals surface area contributed by atoms with Gasteiger partial charge in [0.2, 0.25) is 0 Å². The summed E-state index contributed by atoms with van der Waals surface area (Å²) in [6.45, 7) is 0. The van der Waals surface area contributed by atoms with Gasteiger partial charge in [-0.25, -0.2) is 4.79 Å². The zero-order valence-electron chi connectivity index (χ0n) is 11.2. The van der Waals surface area contributed by atoms with E-state index in [2.05, 4.69) is 26.6 Å². The number of Topliss-reactive ketones (excluding diaryl/α,β-unsaturated/α-hetero) is 1. The van der Waals surface area contributed by atoms with Gasteiger partial charge in [0, 0.05) is 28.7 Å². The molecule has 21 heavy (non-hydrogen) atoms.